The molecule has 0 atom stereocenters. The van der Waals surface area contributed by atoms with Crippen LogP contribution < -0.4 is 5.32 Å². The van der Waals surface area contributed by atoms with Crippen LogP contribution in [0.1, 0.15) is 27.2 Å². The average Bonchev–Trinajstić information content (AvgIpc) is 2.80. The van der Waals surface area contributed by atoms with Crippen molar-refractivity contribution in [2.75, 3.05) is 32.9 Å². The summed E-state index contributed by atoms with van der Waals surface area (Å²) in [4.78, 5) is 0. The third-order valence-corrected chi connectivity index (χ3v) is 8.13. The van der Waals surface area contributed by atoms with E-state index < -0.39 is 69.0 Å². The number of rotatable bonds is 18. The van der Waals surface area contributed by atoms with E-state index in [0.717, 1.165) is 0 Å². The highest BCUT2D eigenvalue weighted by Crippen LogP contribution is 2.63. The normalized spacial score (nSPS) is 15.6. The Bertz CT molecular complexity index is 818. The molecular weight excluding hydrogens is 622 g/mol. The maximum atomic E-state index is 13.8. The van der Waals surface area contributed by atoms with Gasteiger partial charge in [0.1, 0.15) is 0 Å². The average molecular weight is 647 g/mol. The highest BCUT2D eigenvalue weighted by atomic mass is 28.4. The molecule has 0 aromatic rings. The number of alkyl halides is 15. The predicted octanol–water partition coefficient (Wildman–Crippen LogP) is 7.24. The van der Waals surface area contributed by atoms with Crippen LogP contribution in [-0.2, 0) is 13.3 Å². The molecule has 21 heteroatoms. The molecule has 0 unspecified atom stereocenters. The van der Waals surface area contributed by atoms with Crippen molar-refractivity contribution in [3.8, 4) is 0 Å². The first-order chi connectivity index (χ1) is 17.8. The molecule has 240 valence electrons. The van der Waals surface area contributed by atoms with Crippen LogP contribution in [0.25, 0.3) is 0 Å². The van der Waals surface area contributed by atoms with Gasteiger partial charge in [-0.05, 0) is 39.8 Å². The van der Waals surface area contributed by atoms with E-state index in [0.29, 0.717) is 0 Å². The van der Waals surface area contributed by atoms with Crippen molar-refractivity contribution in [3.63, 3.8) is 0 Å². The van der Waals surface area contributed by atoms with Crippen molar-refractivity contribution >= 4 is 8.80 Å². The van der Waals surface area contributed by atoms with Gasteiger partial charge in [0.15, 0.2) is 5.83 Å². The molecule has 0 rings (SSSR count). The van der Waals surface area contributed by atoms with Crippen molar-refractivity contribution in [1.29, 1.82) is 0 Å². The summed E-state index contributed by atoms with van der Waals surface area (Å²) in [5, 5.41) is 2.15. The Morgan fingerprint density at radius 3 is 1.38 bits per heavy atom. The van der Waals surface area contributed by atoms with Crippen LogP contribution in [0, 0.1) is 0 Å². The third-order valence-electron chi connectivity index (χ3n) is 4.98. The van der Waals surface area contributed by atoms with Crippen molar-refractivity contribution in [2.24, 2.45) is 0 Å². The van der Waals surface area contributed by atoms with E-state index in [2.05, 4.69) is 5.32 Å². The molecule has 0 aromatic heterocycles. The second kappa shape index (κ2) is 13.3. The van der Waals surface area contributed by atoms with Gasteiger partial charge < -0.3 is 18.6 Å². The van der Waals surface area contributed by atoms with E-state index in [4.69, 9.17) is 13.3 Å². The molecule has 0 aliphatic heterocycles. The first-order valence-corrected chi connectivity index (χ1v) is 13.1. The number of nitrogens with one attached hydrogen (secondary N) is 1. The SMILES string of the molecule is CCO[Si](CCCNCC=C(F)C(F)(F)C(F)(F)C(F)(F)C(F)(F)C(F)(F)C(F)(F)C(F)(F)F)(OCC)OCC. The number of hydrogen-bond acceptors (Lipinski definition) is 4. The molecular formula is C19H25F16NO3Si. The molecule has 0 bridgehead atoms. The van der Waals surface area contributed by atoms with E-state index in [1.54, 1.807) is 20.8 Å². The summed E-state index contributed by atoms with van der Waals surface area (Å²) in [6, 6.07) is 0.0913. The van der Waals surface area contributed by atoms with Crippen molar-refractivity contribution < 1.29 is 83.5 Å². The molecule has 0 heterocycles. The minimum absolute atomic E-state index is 0.0566. The van der Waals surface area contributed by atoms with E-state index >= 15 is 0 Å². The van der Waals surface area contributed by atoms with Crippen molar-refractivity contribution in [3.05, 3.63) is 11.9 Å². The lowest BCUT2D eigenvalue weighted by atomic mass is 9.90. The largest absolute Gasteiger partial charge is 0.500 e. The molecule has 0 aliphatic carbocycles. The van der Waals surface area contributed by atoms with Crippen LogP contribution >= 0.6 is 0 Å². The molecule has 0 fully saturated rings. The van der Waals surface area contributed by atoms with Gasteiger partial charge in [-0.3, -0.25) is 0 Å². The van der Waals surface area contributed by atoms with Crippen LogP contribution in [-0.4, -0.2) is 83.4 Å². The molecule has 0 radical (unpaired) electrons. The fourth-order valence-electron chi connectivity index (χ4n) is 2.94. The molecule has 0 saturated carbocycles. The quantitative estimate of drug-likeness (QED) is 0.0968. The fraction of sp³-hybridized carbons (Fsp3) is 0.895. The fourth-order valence-corrected chi connectivity index (χ4v) is 5.55. The number of allylic oxidation sites excluding steroid dienone is 1. The Morgan fingerprint density at radius 2 is 1.00 bits per heavy atom. The second-order valence-electron chi connectivity index (χ2n) is 7.79. The lowest BCUT2D eigenvalue weighted by molar-refractivity contribution is -0.450. The van der Waals surface area contributed by atoms with Crippen molar-refractivity contribution in [2.45, 2.75) is 74.9 Å². The zero-order valence-electron chi connectivity index (χ0n) is 20.8. The highest BCUT2D eigenvalue weighted by Gasteiger charge is 2.93. The Kier molecular flexibility index (Phi) is 12.9. The molecule has 0 aliphatic rings. The maximum absolute atomic E-state index is 13.8. The predicted molar refractivity (Wildman–Crippen MR) is 108 cm³/mol. The monoisotopic (exact) mass is 647 g/mol. The Labute approximate surface area is 218 Å². The Hall–Kier alpha value is -1.32. The summed E-state index contributed by atoms with van der Waals surface area (Å²) in [5.74, 6) is -51.9. The zero-order valence-corrected chi connectivity index (χ0v) is 21.8. The first-order valence-electron chi connectivity index (χ1n) is 11.1. The number of hydrogen-bond donors (Lipinski definition) is 1. The van der Waals surface area contributed by atoms with Crippen LogP contribution in [0.5, 0.6) is 0 Å². The zero-order chi connectivity index (χ0) is 32.1. The molecule has 1 N–H and O–H groups in total. The summed E-state index contributed by atoms with van der Waals surface area (Å²) >= 11 is 0. The molecule has 0 amide bonds. The maximum Gasteiger partial charge on any atom is 0.500 e. The summed E-state index contributed by atoms with van der Waals surface area (Å²) in [5.41, 5.74) is 0. The first kappa shape index (κ1) is 38.7. The van der Waals surface area contributed by atoms with Crippen LogP contribution in [0.15, 0.2) is 11.9 Å². The smallest absolute Gasteiger partial charge is 0.374 e. The minimum Gasteiger partial charge on any atom is -0.374 e. The van der Waals surface area contributed by atoms with Gasteiger partial charge in [-0.25, -0.2) is 4.39 Å². The standard InChI is InChI=1S/C19H25F16NO3Si/c1-4-37-40(38-5-2,39-6-3)11-7-9-36-10-8-12(20)13(21,22)14(23,24)15(25,26)16(27,28)17(29,30)18(31,32)19(33,34)35/h8,36H,4-7,9-11H2,1-3H3. The Balaban J connectivity index is 5.76. The summed E-state index contributed by atoms with van der Waals surface area (Å²) < 4.78 is 228. The van der Waals surface area contributed by atoms with Gasteiger partial charge in [0.25, 0.3) is 0 Å². The van der Waals surface area contributed by atoms with Crippen molar-refractivity contribution in [1.82, 2.24) is 5.32 Å². The van der Waals surface area contributed by atoms with Gasteiger partial charge in [0.05, 0.1) is 0 Å². The van der Waals surface area contributed by atoms with Crippen LogP contribution in [0.4, 0.5) is 70.2 Å². The summed E-state index contributed by atoms with van der Waals surface area (Å²) in [6.45, 7) is 3.94. The van der Waals surface area contributed by atoms with E-state index in [-0.39, 0.29) is 38.8 Å². The van der Waals surface area contributed by atoms with Gasteiger partial charge in [-0.2, -0.15) is 65.9 Å². The minimum atomic E-state index is -8.47. The molecule has 40 heavy (non-hydrogen) atoms. The molecule has 4 nitrogen and oxygen atoms in total. The lowest BCUT2D eigenvalue weighted by Crippen LogP contribution is -2.72. The van der Waals surface area contributed by atoms with Gasteiger partial charge in [-0.1, -0.05) is 0 Å². The van der Waals surface area contributed by atoms with E-state index in [9.17, 15) is 70.2 Å². The molecule has 0 spiro atoms. The van der Waals surface area contributed by atoms with Gasteiger partial charge >= 0.3 is 50.5 Å². The van der Waals surface area contributed by atoms with E-state index in [1.165, 1.54) is 0 Å². The summed E-state index contributed by atoms with van der Waals surface area (Å²) in [7, 11) is -3.20. The van der Waals surface area contributed by atoms with Crippen LogP contribution in [0.3, 0.4) is 0 Å². The van der Waals surface area contributed by atoms with Gasteiger partial charge in [-0.15, -0.1) is 0 Å². The van der Waals surface area contributed by atoms with Gasteiger partial charge in [0.2, 0.25) is 0 Å². The van der Waals surface area contributed by atoms with E-state index in [1.807, 2.05) is 0 Å². The van der Waals surface area contributed by atoms with Crippen LogP contribution in [0.2, 0.25) is 6.04 Å². The van der Waals surface area contributed by atoms with Gasteiger partial charge in [0, 0.05) is 32.4 Å². The molecule has 0 aromatic carbocycles. The topological polar surface area (TPSA) is 39.7 Å². The molecule has 0 saturated heterocycles. The highest BCUT2D eigenvalue weighted by molar-refractivity contribution is 6.60. The summed E-state index contributed by atoms with van der Waals surface area (Å²) in [6.07, 6.45) is -8.23. The Morgan fingerprint density at radius 1 is 0.625 bits per heavy atom. The lowest BCUT2D eigenvalue weighted by Gasteiger charge is -2.41. The third kappa shape index (κ3) is 7.17. The number of halogens is 16. The second-order valence-corrected chi connectivity index (χ2v) is 10.5.